The van der Waals surface area contributed by atoms with Crippen LogP contribution in [0.25, 0.3) is 10.2 Å². The highest BCUT2D eigenvalue weighted by molar-refractivity contribution is 7.18. The van der Waals surface area contributed by atoms with Gasteiger partial charge in [0.1, 0.15) is 0 Å². The second kappa shape index (κ2) is 3.78. The molecular formula is C12H13N3OS. The first-order valence-corrected chi connectivity index (χ1v) is 6.37. The van der Waals surface area contributed by atoms with E-state index in [1.165, 1.54) is 0 Å². The highest BCUT2D eigenvalue weighted by Gasteiger charge is 2.28. The van der Waals surface area contributed by atoms with Gasteiger partial charge in [0, 0.05) is 24.7 Å². The molecule has 0 unspecified atom stereocenters. The van der Waals surface area contributed by atoms with Gasteiger partial charge in [-0.05, 0) is 25.1 Å². The fraction of sp³-hybridized carbons (Fsp3) is 0.333. The van der Waals surface area contributed by atoms with Crippen LogP contribution in [0.5, 0.6) is 0 Å². The molecular weight excluding hydrogens is 234 g/mol. The van der Waals surface area contributed by atoms with Crippen molar-refractivity contribution >= 4 is 27.5 Å². The van der Waals surface area contributed by atoms with Crippen molar-refractivity contribution in [1.82, 2.24) is 9.88 Å². The normalized spacial score (nSPS) is 16.2. The van der Waals surface area contributed by atoms with Crippen LogP contribution in [0, 0.1) is 6.92 Å². The molecule has 2 N–H and O–H groups in total. The predicted octanol–water partition coefficient (Wildman–Crippen LogP) is 1.39. The Morgan fingerprint density at radius 3 is 3.00 bits per heavy atom. The first-order chi connectivity index (χ1) is 8.13. The Kier molecular flexibility index (Phi) is 2.38. The van der Waals surface area contributed by atoms with Gasteiger partial charge in [0.05, 0.1) is 15.2 Å². The molecule has 4 nitrogen and oxygen atoms in total. The van der Waals surface area contributed by atoms with Crippen molar-refractivity contribution in [2.45, 2.75) is 13.0 Å². The lowest BCUT2D eigenvalue weighted by molar-refractivity contribution is 0.0608. The van der Waals surface area contributed by atoms with E-state index in [0.29, 0.717) is 13.1 Å². The van der Waals surface area contributed by atoms with Crippen molar-refractivity contribution in [3.05, 3.63) is 28.8 Å². The van der Waals surface area contributed by atoms with Crippen LogP contribution in [-0.2, 0) is 0 Å². The summed E-state index contributed by atoms with van der Waals surface area (Å²) in [6.45, 7) is 3.30. The Morgan fingerprint density at radius 1 is 1.53 bits per heavy atom. The van der Waals surface area contributed by atoms with Crippen LogP contribution in [0.2, 0.25) is 0 Å². The van der Waals surface area contributed by atoms with Crippen molar-refractivity contribution < 1.29 is 4.79 Å². The number of carbonyl (C=O) groups excluding carboxylic acids is 1. The number of rotatable bonds is 1. The monoisotopic (exact) mass is 247 g/mol. The van der Waals surface area contributed by atoms with E-state index in [0.717, 1.165) is 20.8 Å². The van der Waals surface area contributed by atoms with Crippen molar-refractivity contribution in [2.75, 3.05) is 13.1 Å². The maximum Gasteiger partial charge on any atom is 0.254 e. The summed E-state index contributed by atoms with van der Waals surface area (Å²) < 4.78 is 1.07. The van der Waals surface area contributed by atoms with Crippen molar-refractivity contribution in [1.29, 1.82) is 0 Å². The topological polar surface area (TPSA) is 59.2 Å². The first kappa shape index (κ1) is 10.7. The van der Waals surface area contributed by atoms with Crippen LogP contribution >= 0.6 is 11.3 Å². The Hall–Kier alpha value is -1.46. The van der Waals surface area contributed by atoms with Gasteiger partial charge in [0.25, 0.3) is 5.91 Å². The van der Waals surface area contributed by atoms with Crippen molar-refractivity contribution in [3.63, 3.8) is 0 Å². The fourth-order valence-corrected chi connectivity index (χ4v) is 2.90. The predicted molar refractivity (Wildman–Crippen MR) is 68.2 cm³/mol. The van der Waals surface area contributed by atoms with Gasteiger partial charge in [-0.3, -0.25) is 4.79 Å². The lowest BCUT2D eigenvalue weighted by atomic mass is 10.1. The molecule has 0 bridgehead atoms. The molecule has 1 amide bonds. The van der Waals surface area contributed by atoms with Gasteiger partial charge >= 0.3 is 0 Å². The summed E-state index contributed by atoms with van der Waals surface area (Å²) >= 11 is 1.62. The number of hydrogen-bond donors (Lipinski definition) is 1. The number of likely N-dealkylation sites (tertiary alicyclic amines) is 1. The average molecular weight is 247 g/mol. The molecule has 2 heterocycles. The summed E-state index contributed by atoms with van der Waals surface area (Å²) in [6, 6.07) is 5.82. The Bertz CT molecular complexity index is 586. The largest absolute Gasteiger partial charge is 0.335 e. The molecule has 1 aromatic carbocycles. The van der Waals surface area contributed by atoms with E-state index >= 15 is 0 Å². The number of fused-ring (bicyclic) bond motifs is 1. The number of nitrogens with zero attached hydrogens (tertiary/aromatic N) is 2. The summed E-state index contributed by atoms with van der Waals surface area (Å²) in [7, 11) is 0. The van der Waals surface area contributed by atoms with Gasteiger partial charge in [0.15, 0.2) is 0 Å². The van der Waals surface area contributed by atoms with E-state index in [2.05, 4.69) is 4.98 Å². The highest BCUT2D eigenvalue weighted by atomic mass is 32.1. The summed E-state index contributed by atoms with van der Waals surface area (Å²) in [5.41, 5.74) is 7.37. The van der Waals surface area contributed by atoms with Gasteiger partial charge in [0.2, 0.25) is 0 Å². The van der Waals surface area contributed by atoms with Crippen LogP contribution < -0.4 is 5.73 Å². The third-order valence-corrected chi connectivity index (χ3v) is 3.87. The number of benzene rings is 1. The molecule has 1 saturated heterocycles. The molecule has 5 heteroatoms. The van der Waals surface area contributed by atoms with E-state index in [1.807, 2.05) is 25.1 Å². The summed E-state index contributed by atoms with van der Waals surface area (Å²) in [5, 5.41) is 1.02. The molecule has 0 aliphatic carbocycles. The first-order valence-electron chi connectivity index (χ1n) is 5.55. The molecule has 88 valence electrons. The molecule has 0 radical (unpaired) electrons. The summed E-state index contributed by atoms with van der Waals surface area (Å²) in [4.78, 5) is 18.2. The number of aryl methyl sites for hydroxylation is 1. The second-order valence-corrected chi connectivity index (χ2v) is 5.62. The number of hydrogen-bond acceptors (Lipinski definition) is 4. The van der Waals surface area contributed by atoms with Gasteiger partial charge in [-0.15, -0.1) is 11.3 Å². The Morgan fingerprint density at radius 2 is 2.29 bits per heavy atom. The molecule has 2 aromatic rings. The van der Waals surface area contributed by atoms with E-state index in [1.54, 1.807) is 16.2 Å². The molecule has 1 aliphatic rings. The minimum atomic E-state index is 0.0691. The quantitative estimate of drug-likeness (QED) is 0.828. The van der Waals surface area contributed by atoms with Crippen LogP contribution in [0.3, 0.4) is 0 Å². The molecule has 0 saturated carbocycles. The Balaban J connectivity index is 1.92. The number of nitrogens with two attached hydrogens (primary N) is 1. The molecule has 1 aliphatic heterocycles. The number of carbonyl (C=O) groups is 1. The zero-order valence-electron chi connectivity index (χ0n) is 9.51. The average Bonchev–Trinajstić information content (AvgIpc) is 2.62. The third-order valence-electron chi connectivity index (χ3n) is 2.94. The standard InChI is InChI=1S/C12H13N3OS/c1-7-14-10-3-2-8(4-11(10)17-7)12(16)15-5-9(13)6-15/h2-4,9H,5-6,13H2,1H3. The van der Waals surface area contributed by atoms with Crippen LogP contribution in [0.15, 0.2) is 18.2 Å². The molecule has 0 spiro atoms. The molecule has 1 fully saturated rings. The van der Waals surface area contributed by atoms with Crippen LogP contribution in [0.1, 0.15) is 15.4 Å². The maximum absolute atomic E-state index is 12.1. The van der Waals surface area contributed by atoms with Crippen molar-refractivity contribution in [2.24, 2.45) is 5.73 Å². The van der Waals surface area contributed by atoms with Crippen LogP contribution in [0.4, 0.5) is 0 Å². The summed E-state index contributed by atoms with van der Waals surface area (Å²) in [6.07, 6.45) is 0. The number of thiazole rings is 1. The van der Waals surface area contributed by atoms with Crippen molar-refractivity contribution in [3.8, 4) is 0 Å². The van der Waals surface area contributed by atoms with Crippen LogP contribution in [-0.4, -0.2) is 34.9 Å². The van der Waals surface area contributed by atoms with E-state index in [-0.39, 0.29) is 11.9 Å². The molecule has 3 rings (SSSR count). The maximum atomic E-state index is 12.1. The van der Waals surface area contributed by atoms with Gasteiger partial charge < -0.3 is 10.6 Å². The van der Waals surface area contributed by atoms with E-state index in [4.69, 9.17) is 5.73 Å². The lowest BCUT2D eigenvalue weighted by Crippen LogP contribution is -2.57. The number of amides is 1. The lowest BCUT2D eigenvalue weighted by Gasteiger charge is -2.36. The minimum absolute atomic E-state index is 0.0691. The second-order valence-electron chi connectivity index (χ2n) is 4.39. The summed E-state index contributed by atoms with van der Waals surface area (Å²) in [5.74, 6) is 0.0691. The molecule has 0 atom stereocenters. The number of aromatic nitrogens is 1. The molecule has 1 aromatic heterocycles. The van der Waals surface area contributed by atoms with Gasteiger partial charge in [-0.1, -0.05) is 0 Å². The SMILES string of the molecule is Cc1nc2ccc(C(=O)N3CC(N)C3)cc2s1. The highest BCUT2D eigenvalue weighted by Crippen LogP contribution is 2.23. The zero-order valence-corrected chi connectivity index (χ0v) is 10.3. The minimum Gasteiger partial charge on any atom is -0.335 e. The smallest absolute Gasteiger partial charge is 0.254 e. The zero-order chi connectivity index (χ0) is 12.0. The molecule has 17 heavy (non-hydrogen) atoms. The van der Waals surface area contributed by atoms with E-state index < -0.39 is 0 Å². The third kappa shape index (κ3) is 1.81. The van der Waals surface area contributed by atoms with Gasteiger partial charge in [-0.25, -0.2) is 4.98 Å². The Labute approximate surface area is 103 Å². The van der Waals surface area contributed by atoms with E-state index in [9.17, 15) is 4.79 Å². The fourth-order valence-electron chi connectivity index (χ4n) is 2.03. The van der Waals surface area contributed by atoms with Gasteiger partial charge in [-0.2, -0.15) is 0 Å².